The number of ether oxygens (including phenoxy) is 2. The number of likely N-dealkylation sites (tertiary alicyclic amines) is 1. The first kappa shape index (κ1) is 24.4. The van der Waals surface area contributed by atoms with Crippen molar-refractivity contribution in [3.8, 4) is 5.75 Å². The van der Waals surface area contributed by atoms with Crippen LogP contribution < -0.4 is 9.46 Å². The Balaban J connectivity index is 1.77. The van der Waals surface area contributed by atoms with Crippen LogP contribution in [0.3, 0.4) is 0 Å². The van der Waals surface area contributed by atoms with Crippen LogP contribution in [0, 0.1) is 0 Å². The zero-order chi connectivity index (χ0) is 23.1. The highest BCUT2D eigenvalue weighted by molar-refractivity contribution is 7.92. The molecule has 1 fully saturated rings. The molecule has 0 saturated carbocycles. The van der Waals surface area contributed by atoms with Crippen LogP contribution in [-0.2, 0) is 14.8 Å². The molecule has 3 rings (SSSR count). The fourth-order valence-corrected chi connectivity index (χ4v) is 4.83. The second kappa shape index (κ2) is 11.0. The number of halogens is 1. The van der Waals surface area contributed by atoms with E-state index in [-0.39, 0.29) is 27.5 Å². The summed E-state index contributed by atoms with van der Waals surface area (Å²) in [6, 6.07) is 10.8. The fourth-order valence-electron chi connectivity index (χ4n) is 3.55. The van der Waals surface area contributed by atoms with E-state index in [1.165, 1.54) is 18.2 Å². The smallest absolute Gasteiger partial charge is 0.261 e. The largest absolute Gasteiger partial charge is 0.494 e. The van der Waals surface area contributed by atoms with Crippen molar-refractivity contribution in [1.82, 2.24) is 4.90 Å². The van der Waals surface area contributed by atoms with Gasteiger partial charge in [-0.15, -0.1) is 0 Å². The van der Waals surface area contributed by atoms with Crippen LogP contribution in [0.5, 0.6) is 5.75 Å². The Hall–Kier alpha value is -2.29. The molecule has 0 aliphatic carbocycles. The lowest BCUT2D eigenvalue weighted by molar-refractivity contribution is 0.00211. The highest BCUT2D eigenvalue weighted by Crippen LogP contribution is 2.26. The normalized spacial score (nSPS) is 16.6. The predicted octanol–water partition coefficient (Wildman–Crippen LogP) is 4.57. The van der Waals surface area contributed by atoms with Gasteiger partial charge >= 0.3 is 0 Å². The van der Waals surface area contributed by atoms with Crippen molar-refractivity contribution in [1.29, 1.82) is 0 Å². The van der Waals surface area contributed by atoms with Crippen LogP contribution in [0.4, 0.5) is 5.69 Å². The van der Waals surface area contributed by atoms with Gasteiger partial charge in [0.15, 0.2) is 0 Å². The molecule has 1 aliphatic rings. The minimum absolute atomic E-state index is 0.0142. The van der Waals surface area contributed by atoms with Gasteiger partial charge in [-0.2, -0.15) is 0 Å². The third kappa shape index (κ3) is 6.15. The molecular formula is C23H29ClN2O5S. The fraction of sp³-hybridized carbons (Fsp3) is 0.435. The SMILES string of the molecule is CCCOC1CCCN(C(=O)c2cc(S(=O)(=O)Nc3ccc(OCC)cc3)ccc2Cl)C1. The van der Waals surface area contributed by atoms with Gasteiger partial charge in [0.2, 0.25) is 0 Å². The molecule has 32 heavy (non-hydrogen) atoms. The second-order valence-corrected chi connectivity index (χ2v) is 9.68. The monoisotopic (exact) mass is 480 g/mol. The average Bonchev–Trinajstić information content (AvgIpc) is 2.79. The van der Waals surface area contributed by atoms with Gasteiger partial charge in [-0.1, -0.05) is 18.5 Å². The molecule has 1 unspecified atom stereocenters. The number of hydrogen-bond donors (Lipinski definition) is 1. The van der Waals surface area contributed by atoms with Crippen LogP contribution in [0.2, 0.25) is 5.02 Å². The molecule has 1 N–H and O–H groups in total. The van der Waals surface area contributed by atoms with Crippen LogP contribution >= 0.6 is 11.6 Å². The number of amides is 1. The Bertz CT molecular complexity index is 1030. The first-order valence-corrected chi connectivity index (χ1v) is 12.7. The molecule has 2 aromatic carbocycles. The first-order chi connectivity index (χ1) is 15.3. The van der Waals surface area contributed by atoms with Gasteiger partial charge in [0.25, 0.3) is 15.9 Å². The molecule has 9 heteroatoms. The number of sulfonamides is 1. The summed E-state index contributed by atoms with van der Waals surface area (Å²) in [4.78, 5) is 14.8. The summed E-state index contributed by atoms with van der Waals surface area (Å²) < 4.78 is 39.5. The van der Waals surface area contributed by atoms with Crippen molar-refractivity contribution in [2.75, 3.05) is 31.0 Å². The standard InChI is InChI=1S/C23H29ClN2O5S/c1-3-14-31-19-6-5-13-26(16-19)23(27)21-15-20(11-12-22(21)24)32(28,29)25-17-7-9-18(10-8-17)30-4-2/h7-12,15,19,25H,3-6,13-14,16H2,1-2H3. The summed E-state index contributed by atoms with van der Waals surface area (Å²) in [6.45, 7) is 6.14. The van der Waals surface area contributed by atoms with Crippen LogP contribution in [0.15, 0.2) is 47.4 Å². The van der Waals surface area contributed by atoms with Crippen molar-refractivity contribution in [2.24, 2.45) is 0 Å². The molecular weight excluding hydrogens is 452 g/mol. The number of carbonyl (C=O) groups is 1. The van der Waals surface area contributed by atoms with Crippen LogP contribution in [-0.4, -0.2) is 51.6 Å². The van der Waals surface area contributed by atoms with E-state index in [0.29, 0.717) is 37.7 Å². The van der Waals surface area contributed by atoms with Gasteiger partial charge in [0, 0.05) is 25.4 Å². The molecule has 1 amide bonds. The Morgan fingerprint density at radius 1 is 1.19 bits per heavy atom. The quantitative estimate of drug-likeness (QED) is 0.568. The van der Waals surface area contributed by atoms with E-state index >= 15 is 0 Å². The Morgan fingerprint density at radius 3 is 2.62 bits per heavy atom. The van der Waals surface area contributed by atoms with Crippen molar-refractivity contribution in [2.45, 2.75) is 44.1 Å². The van der Waals surface area contributed by atoms with Gasteiger partial charge in [0.1, 0.15) is 5.75 Å². The summed E-state index contributed by atoms with van der Waals surface area (Å²) in [5.74, 6) is 0.357. The lowest BCUT2D eigenvalue weighted by Crippen LogP contribution is -2.43. The highest BCUT2D eigenvalue weighted by atomic mass is 35.5. The molecule has 1 aliphatic heterocycles. The minimum atomic E-state index is -3.91. The number of anilines is 1. The van der Waals surface area contributed by atoms with E-state index in [2.05, 4.69) is 4.72 Å². The molecule has 2 aromatic rings. The van der Waals surface area contributed by atoms with Gasteiger partial charge in [0.05, 0.1) is 28.2 Å². The first-order valence-electron chi connectivity index (χ1n) is 10.8. The zero-order valence-electron chi connectivity index (χ0n) is 18.3. The molecule has 0 radical (unpaired) electrons. The lowest BCUT2D eigenvalue weighted by Gasteiger charge is -2.33. The van der Waals surface area contributed by atoms with Gasteiger partial charge in [-0.25, -0.2) is 8.42 Å². The maximum atomic E-state index is 13.1. The predicted molar refractivity (Wildman–Crippen MR) is 125 cm³/mol. The Labute approximate surface area is 194 Å². The summed E-state index contributed by atoms with van der Waals surface area (Å²) in [5, 5.41) is 0.214. The average molecular weight is 481 g/mol. The Kier molecular flexibility index (Phi) is 8.39. The Morgan fingerprint density at radius 2 is 1.94 bits per heavy atom. The van der Waals surface area contributed by atoms with E-state index in [1.54, 1.807) is 29.2 Å². The van der Waals surface area contributed by atoms with Crippen molar-refractivity contribution < 1.29 is 22.7 Å². The number of carbonyl (C=O) groups excluding carboxylic acids is 1. The second-order valence-electron chi connectivity index (χ2n) is 7.59. The minimum Gasteiger partial charge on any atom is -0.494 e. The topological polar surface area (TPSA) is 84.9 Å². The van der Waals surface area contributed by atoms with Crippen molar-refractivity contribution in [3.63, 3.8) is 0 Å². The van der Waals surface area contributed by atoms with Crippen molar-refractivity contribution in [3.05, 3.63) is 53.1 Å². The third-order valence-electron chi connectivity index (χ3n) is 5.12. The summed E-state index contributed by atoms with van der Waals surface area (Å²) in [7, 11) is -3.91. The number of hydrogen-bond acceptors (Lipinski definition) is 5. The van der Waals surface area contributed by atoms with Crippen LogP contribution in [0.25, 0.3) is 0 Å². The molecule has 1 atom stereocenters. The van der Waals surface area contributed by atoms with E-state index in [0.717, 1.165) is 19.3 Å². The van der Waals surface area contributed by atoms with E-state index < -0.39 is 10.0 Å². The van der Waals surface area contributed by atoms with Gasteiger partial charge in [-0.3, -0.25) is 9.52 Å². The summed E-state index contributed by atoms with van der Waals surface area (Å²) >= 11 is 6.28. The lowest BCUT2D eigenvalue weighted by atomic mass is 10.1. The number of piperidine rings is 1. The molecule has 1 saturated heterocycles. The molecule has 0 aromatic heterocycles. The summed E-state index contributed by atoms with van der Waals surface area (Å²) in [5.41, 5.74) is 0.556. The van der Waals surface area contributed by atoms with E-state index in [1.807, 2.05) is 13.8 Å². The molecule has 7 nitrogen and oxygen atoms in total. The van der Waals surface area contributed by atoms with Gasteiger partial charge < -0.3 is 14.4 Å². The molecule has 1 heterocycles. The number of benzene rings is 2. The molecule has 0 spiro atoms. The highest BCUT2D eigenvalue weighted by Gasteiger charge is 2.27. The number of nitrogens with one attached hydrogen (secondary N) is 1. The summed E-state index contributed by atoms with van der Waals surface area (Å²) in [6.07, 6.45) is 2.63. The molecule has 174 valence electrons. The van der Waals surface area contributed by atoms with Crippen LogP contribution in [0.1, 0.15) is 43.5 Å². The number of nitrogens with zero attached hydrogens (tertiary/aromatic N) is 1. The molecule has 0 bridgehead atoms. The van der Waals surface area contributed by atoms with E-state index in [4.69, 9.17) is 21.1 Å². The maximum absolute atomic E-state index is 13.1. The zero-order valence-corrected chi connectivity index (χ0v) is 19.9. The third-order valence-corrected chi connectivity index (χ3v) is 6.83. The van der Waals surface area contributed by atoms with Gasteiger partial charge in [-0.05, 0) is 68.7 Å². The van der Waals surface area contributed by atoms with E-state index in [9.17, 15) is 13.2 Å². The van der Waals surface area contributed by atoms with Crippen molar-refractivity contribution >= 4 is 33.2 Å². The number of rotatable bonds is 9. The maximum Gasteiger partial charge on any atom is 0.261 e.